The maximum atomic E-state index is 6.30. The van der Waals surface area contributed by atoms with Crippen LogP contribution in [-0.2, 0) is 0 Å². The molecule has 0 N–H and O–H groups in total. The standard InChI is InChI=1S/C20H31ClN2.2ClH/c1-22-11-13-23(14-12-22)16-20(17-7-4-2-3-5-8-17)18-9-6-10-19(21)15-18;;/h6,9-10,15,17,20H,2-5,7-8,11-14,16H2,1H3;2*1H. The Hall–Kier alpha value is 0.01000. The lowest BCUT2D eigenvalue weighted by atomic mass is 9.81. The molecule has 1 saturated heterocycles. The summed E-state index contributed by atoms with van der Waals surface area (Å²) < 4.78 is 0. The second-order valence-electron chi connectivity index (χ2n) is 7.52. The van der Waals surface area contributed by atoms with E-state index in [4.69, 9.17) is 11.6 Å². The molecule has 1 aliphatic heterocycles. The zero-order chi connectivity index (χ0) is 16.1. The van der Waals surface area contributed by atoms with Crippen LogP contribution in [0.3, 0.4) is 0 Å². The number of halogens is 3. The van der Waals surface area contributed by atoms with Crippen LogP contribution in [0.2, 0.25) is 5.02 Å². The Bertz CT molecular complexity index is 482. The molecule has 25 heavy (non-hydrogen) atoms. The number of rotatable bonds is 4. The third kappa shape index (κ3) is 6.92. The quantitative estimate of drug-likeness (QED) is 0.609. The molecule has 2 nitrogen and oxygen atoms in total. The maximum absolute atomic E-state index is 6.30. The van der Waals surface area contributed by atoms with Gasteiger partial charge in [-0.05, 0) is 49.4 Å². The summed E-state index contributed by atoms with van der Waals surface area (Å²) in [5.74, 6) is 1.48. The zero-order valence-corrected chi connectivity index (χ0v) is 17.7. The fraction of sp³-hybridized carbons (Fsp3) is 0.700. The van der Waals surface area contributed by atoms with Crippen LogP contribution in [-0.4, -0.2) is 49.6 Å². The van der Waals surface area contributed by atoms with Gasteiger partial charge in [-0.2, -0.15) is 0 Å². The number of hydrogen-bond acceptors (Lipinski definition) is 2. The van der Waals surface area contributed by atoms with Crippen molar-refractivity contribution < 1.29 is 0 Å². The summed E-state index contributed by atoms with van der Waals surface area (Å²) in [6.07, 6.45) is 8.45. The van der Waals surface area contributed by atoms with E-state index >= 15 is 0 Å². The van der Waals surface area contributed by atoms with E-state index in [0.29, 0.717) is 5.92 Å². The molecule has 5 heteroatoms. The predicted octanol–water partition coefficient (Wildman–Crippen LogP) is 5.49. The first-order chi connectivity index (χ1) is 11.2. The molecule has 1 aliphatic carbocycles. The SMILES string of the molecule is CN1CCN(CC(c2cccc(Cl)c2)C2CCCCCC2)CC1.Cl.Cl. The largest absolute Gasteiger partial charge is 0.304 e. The Morgan fingerprint density at radius 3 is 2.24 bits per heavy atom. The molecule has 0 aromatic heterocycles. The van der Waals surface area contributed by atoms with Gasteiger partial charge < -0.3 is 9.80 Å². The van der Waals surface area contributed by atoms with Crippen molar-refractivity contribution in [2.75, 3.05) is 39.8 Å². The second-order valence-corrected chi connectivity index (χ2v) is 7.95. The van der Waals surface area contributed by atoms with Gasteiger partial charge in [0, 0.05) is 37.7 Å². The van der Waals surface area contributed by atoms with Crippen molar-refractivity contribution in [3.8, 4) is 0 Å². The van der Waals surface area contributed by atoms with Crippen LogP contribution < -0.4 is 0 Å². The molecule has 1 aromatic rings. The van der Waals surface area contributed by atoms with E-state index in [1.54, 1.807) is 0 Å². The molecule has 0 amide bonds. The monoisotopic (exact) mass is 406 g/mol. The molecule has 2 aliphatic rings. The van der Waals surface area contributed by atoms with Crippen LogP contribution in [0.4, 0.5) is 0 Å². The number of likely N-dealkylation sites (N-methyl/N-ethyl adjacent to an activating group) is 1. The molecule has 2 fully saturated rings. The summed E-state index contributed by atoms with van der Waals surface area (Å²) in [4.78, 5) is 5.12. The minimum absolute atomic E-state index is 0. The molecule has 1 atom stereocenters. The van der Waals surface area contributed by atoms with E-state index in [1.165, 1.54) is 76.8 Å². The fourth-order valence-corrected chi connectivity index (χ4v) is 4.48. The van der Waals surface area contributed by atoms with E-state index in [1.807, 2.05) is 6.07 Å². The van der Waals surface area contributed by atoms with Gasteiger partial charge in [-0.3, -0.25) is 0 Å². The van der Waals surface area contributed by atoms with Crippen LogP contribution in [0.25, 0.3) is 0 Å². The van der Waals surface area contributed by atoms with Gasteiger partial charge in [-0.15, -0.1) is 24.8 Å². The number of benzene rings is 1. The molecule has 0 radical (unpaired) electrons. The number of piperazine rings is 1. The fourth-order valence-electron chi connectivity index (χ4n) is 4.29. The van der Waals surface area contributed by atoms with Crippen LogP contribution in [0.15, 0.2) is 24.3 Å². The third-order valence-electron chi connectivity index (χ3n) is 5.80. The van der Waals surface area contributed by atoms with E-state index in [2.05, 4.69) is 35.0 Å². The molecule has 3 rings (SSSR count). The van der Waals surface area contributed by atoms with Crippen molar-refractivity contribution in [1.29, 1.82) is 0 Å². The van der Waals surface area contributed by atoms with Crippen molar-refractivity contribution in [3.05, 3.63) is 34.9 Å². The average Bonchev–Trinajstić information content (AvgIpc) is 2.83. The summed E-state index contributed by atoms with van der Waals surface area (Å²) >= 11 is 6.30. The van der Waals surface area contributed by atoms with Crippen LogP contribution in [0.5, 0.6) is 0 Å². The minimum Gasteiger partial charge on any atom is -0.304 e. The highest BCUT2D eigenvalue weighted by molar-refractivity contribution is 6.30. The summed E-state index contributed by atoms with van der Waals surface area (Å²) in [5, 5.41) is 0.888. The lowest BCUT2D eigenvalue weighted by molar-refractivity contribution is 0.135. The van der Waals surface area contributed by atoms with Crippen LogP contribution in [0.1, 0.15) is 50.0 Å². The van der Waals surface area contributed by atoms with Gasteiger partial charge in [-0.1, -0.05) is 49.4 Å². The van der Waals surface area contributed by atoms with Gasteiger partial charge >= 0.3 is 0 Å². The van der Waals surface area contributed by atoms with Crippen molar-refractivity contribution in [2.45, 2.75) is 44.4 Å². The maximum Gasteiger partial charge on any atom is 0.0408 e. The summed E-state index contributed by atoms with van der Waals surface area (Å²) in [6.45, 7) is 6.03. The average molecular weight is 408 g/mol. The van der Waals surface area contributed by atoms with E-state index in [9.17, 15) is 0 Å². The molecule has 144 valence electrons. The summed E-state index contributed by atoms with van der Waals surface area (Å²) in [6, 6.07) is 8.65. The Morgan fingerprint density at radius 1 is 1.00 bits per heavy atom. The van der Waals surface area contributed by atoms with Gasteiger partial charge in [0.2, 0.25) is 0 Å². The molecular weight excluding hydrogens is 375 g/mol. The summed E-state index contributed by atoms with van der Waals surface area (Å²) in [5.41, 5.74) is 1.46. The number of nitrogens with zero attached hydrogens (tertiary/aromatic N) is 2. The second kappa shape index (κ2) is 11.7. The van der Waals surface area contributed by atoms with Gasteiger partial charge in [0.15, 0.2) is 0 Å². The van der Waals surface area contributed by atoms with Crippen molar-refractivity contribution in [2.24, 2.45) is 5.92 Å². The highest BCUT2D eigenvalue weighted by Crippen LogP contribution is 2.36. The van der Waals surface area contributed by atoms with E-state index in [0.717, 1.165) is 10.9 Å². The highest BCUT2D eigenvalue weighted by atomic mass is 35.5. The van der Waals surface area contributed by atoms with Crippen LogP contribution in [0, 0.1) is 5.92 Å². The smallest absolute Gasteiger partial charge is 0.0408 e. The summed E-state index contributed by atoms with van der Waals surface area (Å²) in [7, 11) is 2.23. The Kier molecular flexibility index (Phi) is 10.8. The van der Waals surface area contributed by atoms with Gasteiger partial charge in [0.05, 0.1) is 0 Å². The topological polar surface area (TPSA) is 6.48 Å². The first kappa shape index (κ1) is 23.0. The normalized spacial score (nSPS) is 21.7. The van der Waals surface area contributed by atoms with E-state index < -0.39 is 0 Å². The molecule has 0 spiro atoms. The molecule has 1 aromatic carbocycles. The van der Waals surface area contributed by atoms with Gasteiger partial charge in [0.1, 0.15) is 0 Å². The molecule has 0 bridgehead atoms. The first-order valence-corrected chi connectivity index (χ1v) is 9.76. The molecule has 1 saturated carbocycles. The van der Waals surface area contributed by atoms with Crippen molar-refractivity contribution >= 4 is 36.4 Å². The lowest BCUT2D eigenvalue weighted by Crippen LogP contribution is -2.46. The predicted molar refractivity (Wildman–Crippen MR) is 114 cm³/mol. The molecular formula is C20H33Cl3N2. The first-order valence-electron chi connectivity index (χ1n) is 9.39. The van der Waals surface area contributed by atoms with Crippen molar-refractivity contribution in [1.82, 2.24) is 9.80 Å². The Morgan fingerprint density at radius 2 is 1.64 bits per heavy atom. The number of hydrogen-bond donors (Lipinski definition) is 0. The highest BCUT2D eigenvalue weighted by Gasteiger charge is 2.27. The van der Waals surface area contributed by atoms with Gasteiger partial charge in [-0.25, -0.2) is 0 Å². The zero-order valence-electron chi connectivity index (χ0n) is 15.3. The third-order valence-corrected chi connectivity index (χ3v) is 6.03. The molecule has 1 heterocycles. The van der Waals surface area contributed by atoms with Gasteiger partial charge in [0.25, 0.3) is 0 Å². The Balaban J connectivity index is 0.00000156. The lowest BCUT2D eigenvalue weighted by Gasteiger charge is -2.37. The molecule has 1 unspecified atom stereocenters. The van der Waals surface area contributed by atoms with Crippen LogP contribution >= 0.6 is 36.4 Å². The Labute approximate surface area is 171 Å². The van der Waals surface area contributed by atoms with E-state index in [-0.39, 0.29) is 24.8 Å². The minimum atomic E-state index is 0. The van der Waals surface area contributed by atoms with Crippen molar-refractivity contribution in [3.63, 3.8) is 0 Å².